The number of rotatable bonds is 4. The van der Waals surface area contributed by atoms with Crippen LogP contribution < -0.4 is 5.01 Å². The van der Waals surface area contributed by atoms with Crippen LogP contribution >= 0.6 is 11.6 Å². The summed E-state index contributed by atoms with van der Waals surface area (Å²) in [7, 11) is 1.92. The molecule has 4 heteroatoms. The van der Waals surface area contributed by atoms with Crippen LogP contribution in [0.15, 0.2) is 78.9 Å². The van der Waals surface area contributed by atoms with E-state index in [0.717, 1.165) is 22.4 Å². The fraction of sp³-hybridized carbons (Fsp3) is 0.136. The quantitative estimate of drug-likeness (QED) is 0.661. The molecule has 3 nitrogen and oxygen atoms in total. The van der Waals surface area contributed by atoms with E-state index < -0.39 is 0 Å². The van der Waals surface area contributed by atoms with E-state index in [1.54, 1.807) is 5.01 Å². The molecule has 0 saturated carbocycles. The molecule has 1 atom stereocenters. The lowest BCUT2D eigenvalue weighted by Crippen LogP contribution is -2.42. The number of halogens is 1. The summed E-state index contributed by atoms with van der Waals surface area (Å²) in [6.07, 6.45) is 0. The fourth-order valence-electron chi connectivity index (χ4n) is 3.56. The zero-order chi connectivity index (χ0) is 18.1. The van der Waals surface area contributed by atoms with Crippen molar-refractivity contribution in [1.29, 1.82) is 0 Å². The Balaban J connectivity index is 1.71. The molecular weight excluding hydrogens is 344 g/mol. The summed E-state index contributed by atoms with van der Waals surface area (Å²) in [4.78, 5) is 13.3. The monoisotopic (exact) mass is 362 g/mol. The summed E-state index contributed by atoms with van der Waals surface area (Å²) in [5.41, 5.74) is 3.97. The maximum atomic E-state index is 13.3. The smallest absolute Gasteiger partial charge is 0.253 e. The number of carbonyl (C=O) groups excluding carboxylic acids is 1. The van der Waals surface area contributed by atoms with E-state index >= 15 is 0 Å². The number of carbonyl (C=O) groups is 1. The van der Waals surface area contributed by atoms with Crippen LogP contribution in [0, 0.1) is 0 Å². The molecule has 0 aliphatic carbocycles. The van der Waals surface area contributed by atoms with Crippen molar-refractivity contribution in [1.82, 2.24) is 5.01 Å². The number of para-hydroxylation sites is 1. The average Bonchev–Trinajstić information content (AvgIpc) is 2.96. The topological polar surface area (TPSA) is 23.6 Å². The Labute approximate surface area is 158 Å². The van der Waals surface area contributed by atoms with E-state index in [1.165, 1.54) is 0 Å². The van der Waals surface area contributed by atoms with Gasteiger partial charge >= 0.3 is 0 Å². The molecule has 1 amide bonds. The molecular formula is C22H19ClN2O. The molecule has 0 unspecified atom stereocenters. The predicted octanol–water partition coefficient (Wildman–Crippen LogP) is 4.87. The van der Waals surface area contributed by atoms with Crippen molar-refractivity contribution in [3.05, 3.63) is 101 Å². The fourth-order valence-corrected chi connectivity index (χ4v) is 3.76. The van der Waals surface area contributed by atoms with Crippen LogP contribution in [0.3, 0.4) is 0 Å². The van der Waals surface area contributed by atoms with Crippen molar-refractivity contribution < 1.29 is 4.79 Å². The second-order valence-electron chi connectivity index (χ2n) is 6.46. The highest BCUT2D eigenvalue weighted by atomic mass is 35.5. The van der Waals surface area contributed by atoms with Gasteiger partial charge < -0.3 is 0 Å². The van der Waals surface area contributed by atoms with Gasteiger partial charge in [-0.25, -0.2) is 10.0 Å². The second kappa shape index (κ2) is 6.94. The highest BCUT2D eigenvalue weighted by molar-refractivity contribution is 6.31. The van der Waals surface area contributed by atoms with Crippen LogP contribution in [0.2, 0.25) is 5.02 Å². The standard InChI is InChI=1S/C22H19ClN2O/c1-24(15-17-11-5-7-13-19(17)23)25-20-14-8-6-12-18(20)21(22(25)26)16-9-3-2-4-10-16/h2-14,21H,15H2,1H3/t21-/m1/s1. The summed E-state index contributed by atoms with van der Waals surface area (Å²) >= 11 is 6.31. The average molecular weight is 363 g/mol. The molecule has 0 saturated heterocycles. The Bertz CT molecular complexity index is 942. The van der Waals surface area contributed by atoms with Crippen molar-refractivity contribution in [2.24, 2.45) is 0 Å². The van der Waals surface area contributed by atoms with E-state index in [4.69, 9.17) is 11.6 Å². The largest absolute Gasteiger partial charge is 0.272 e. The van der Waals surface area contributed by atoms with Gasteiger partial charge in [0, 0.05) is 18.6 Å². The molecule has 1 heterocycles. The van der Waals surface area contributed by atoms with E-state index in [2.05, 4.69) is 0 Å². The third-order valence-electron chi connectivity index (χ3n) is 4.76. The SMILES string of the molecule is CN(Cc1ccccc1Cl)N1C(=O)[C@H](c2ccccc2)c2ccccc21. The summed E-state index contributed by atoms with van der Waals surface area (Å²) < 4.78 is 0. The van der Waals surface area contributed by atoms with Gasteiger partial charge in [0.1, 0.15) is 0 Å². The lowest BCUT2D eigenvalue weighted by Gasteiger charge is -2.29. The number of benzene rings is 3. The first kappa shape index (κ1) is 16.8. The maximum Gasteiger partial charge on any atom is 0.253 e. The minimum atomic E-state index is -0.277. The van der Waals surface area contributed by atoms with Crippen molar-refractivity contribution >= 4 is 23.2 Å². The van der Waals surface area contributed by atoms with Crippen molar-refractivity contribution in [2.75, 3.05) is 12.1 Å². The van der Waals surface area contributed by atoms with Gasteiger partial charge in [-0.05, 0) is 28.8 Å². The highest BCUT2D eigenvalue weighted by Gasteiger charge is 2.40. The van der Waals surface area contributed by atoms with Gasteiger partial charge in [0.25, 0.3) is 5.91 Å². The lowest BCUT2D eigenvalue weighted by molar-refractivity contribution is -0.121. The second-order valence-corrected chi connectivity index (χ2v) is 6.87. The van der Waals surface area contributed by atoms with Gasteiger partial charge in [-0.15, -0.1) is 0 Å². The third-order valence-corrected chi connectivity index (χ3v) is 5.13. The van der Waals surface area contributed by atoms with E-state index in [0.29, 0.717) is 11.6 Å². The molecule has 1 aliphatic heterocycles. The van der Waals surface area contributed by atoms with E-state index in [-0.39, 0.29) is 11.8 Å². The van der Waals surface area contributed by atoms with Crippen molar-refractivity contribution in [2.45, 2.75) is 12.5 Å². The number of fused-ring (bicyclic) bond motifs is 1. The minimum absolute atomic E-state index is 0.0620. The minimum Gasteiger partial charge on any atom is -0.272 e. The molecule has 0 N–H and O–H groups in total. The summed E-state index contributed by atoms with van der Waals surface area (Å²) in [6.45, 7) is 0.557. The van der Waals surface area contributed by atoms with Crippen LogP contribution in [-0.2, 0) is 11.3 Å². The van der Waals surface area contributed by atoms with Gasteiger partial charge in [0.05, 0.1) is 11.6 Å². The molecule has 0 radical (unpaired) electrons. The summed E-state index contributed by atoms with van der Waals surface area (Å²) in [6, 6.07) is 25.7. The summed E-state index contributed by atoms with van der Waals surface area (Å²) in [5, 5.41) is 4.42. The number of nitrogens with zero attached hydrogens (tertiary/aromatic N) is 2. The van der Waals surface area contributed by atoms with Crippen LogP contribution in [-0.4, -0.2) is 18.0 Å². The summed E-state index contributed by atoms with van der Waals surface area (Å²) in [5.74, 6) is -0.215. The molecule has 1 aliphatic rings. The van der Waals surface area contributed by atoms with Gasteiger partial charge in [0.15, 0.2) is 0 Å². The van der Waals surface area contributed by atoms with Crippen LogP contribution in [0.4, 0.5) is 5.69 Å². The maximum absolute atomic E-state index is 13.3. The third kappa shape index (κ3) is 2.90. The predicted molar refractivity (Wildman–Crippen MR) is 105 cm³/mol. The normalized spacial score (nSPS) is 16.2. The molecule has 0 spiro atoms. The zero-order valence-electron chi connectivity index (χ0n) is 14.5. The van der Waals surface area contributed by atoms with Crippen molar-refractivity contribution in [3.8, 4) is 0 Å². The Morgan fingerprint density at radius 2 is 1.58 bits per heavy atom. The Morgan fingerprint density at radius 1 is 0.923 bits per heavy atom. The highest BCUT2D eigenvalue weighted by Crippen LogP contribution is 2.41. The van der Waals surface area contributed by atoms with Gasteiger partial charge in [-0.1, -0.05) is 78.3 Å². The molecule has 26 heavy (non-hydrogen) atoms. The number of hydrazine groups is 1. The zero-order valence-corrected chi connectivity index (χ0v) is 15.2. The van der Waals surface area contributed by atoms with Gasteiger partial charge in [-0.2, -0.15) is 0 Å². The molecule has 3 aromatic rings. The first-order valence-corrected chi connectivity index (χ1v) is 8.97. The molecule has 130 valence electrons. The van der Waals surface area contributed by atoms with Crippen LogP contribution in [0.25, 0.3) is 0 Å². The van der Waals surface area contributed by atoms with Crippen LogP contribution in [0.5, 0.6) is 0 Å². The van der Waals surface area contributed by atoms with Crippen LogP contribution in [0.1, 0.15) is 22.6 Å². The Kier molecular flexibility index (Phi) is 4.49. The number of amides is 1. The first-order chi connectivity index (χ1) is 12.7. The van der Waals surface area contributed by atoms with Gasteiger partial charge in [-0.3, -0.25) is 4.79 Å². The Morgan fingerprint density at radius 3 is 2.35 bits per heavy atom. The number of anilines is 1. The molecule has 0 bridgehead atoms. The molecule has 3 aromatic carbocycles. The molecule has 4 rings (SSSR count). The van der Waals surface area contributed by atoms with E-state index in [1.807, 2.05) is 90.9 Å². The lowest BCUT2D eigenvalue weighted by atomic mass is 9.93. The van der Waals surface area contributed by atoms with E-state index in [9.17, 15) is 4.79 Å². The molecule has 0 aromatic heterocycles. The van der Waals surface area contributed by atoms with Gasteiger partial charge in [0.2, 0.25) is 0 Å². The Hall–Kier alpha value is -2.62. The number of hydrogen-bond acceptors (Lipinski definition) is 2. The van der Waals surface area contributed by atoms with Crippen molar-refractivity contribution in [3.63, 3.8) is 0 Å². The number of hydrogen-bond donors (Lipinski definition) is 0. The molecule has 0 fully saturated rings. The first-order valence-electron chi connectivity index (χ1n) is 8.59.